The minimum absolute atomic E-state index is 0.0801. The number of carbonyl (C=O) groups excluding carboxylic acids is 2. The molecule has 2 aromatic carbocycles. The van der Waals surface area contributed by atoms with E-state index in [1.807, 2.05) is 0 Å². The zero-order chi connectivity index (χ0) is 41.8. The quantitative estimate of drug-likeness (QED) is 0.116. The number of benzene rings is 2. The Morgan fingerprint density at radius 1 is 0.759 bits per heavy atom. The summed E-state index contributed by atoms with van der Waals surface area (Å²) < 4.78 is 17.9. The summed E-state index contributed by atoms with van der Waals surface area (Å²) in [7, 11) is 3.12. The van der Waals surface area contributed by atoms with Gasteiger partial charge in [-0.25, -0.2) is 28.5 Å². The minimum atomic E-state index is -0.831. The van der Waals surface area contributed by atoms with Gasteiger partial charge in [0, 0.05) is 52.9 Å². The molecule has 5 heterocycles. The van der Waals surface area contributed by atoms with E-state index in [-0.39, 0.29) is 35.9 Å². The molecule has 0 aliphatic carbocycles. The fraction of sp³-hybridized carbons (Fsp3) is 0.293. The first-order chi connectivity index (χ1) is 27.3. The summed E-state index contributed by atoms with van der Waals surface area (Å²) in [5, 5.41) is 6.48. The highest BCUT2D eigenvalue weighted by Gasteiger charge is 2.27. The van der Waals surface area contributed by atoms with Crippen LogP contribution in [0.2, 0.25) is 10.0 Å². The molecule has 7 aromatic rings. The Kier molecular flexibility index (Phi) is 10.3. The van der Waals surface area contributed by atoms with Gasteiger partial charge in [-0.1, -0.05) is 40.5 Å². The van der Waals surface area contributed by atoms with Crippen LogP contribution in [0.5, 0.6) is 0 Å². The monoisotopic (exact) mass is 826 g/mol. The standard InChI is InChI=1S/C41H40Cl2N8O7/c1-40(2,3)57-38(54)50-24(19-26-28(42)11-9-13-30(26)50)21-49-36(52)33-35(48(8)37(49)53)45-34(47(33)7)32(23-15-17-44-18-16-23)46-56-22-25-20-27-29(43)12-10-14-31(27)51(25)39(55)58-41(4,5)6/h9-20H,21-22H2,1-8H3. The van der Waals surface area contributed by atoms with Gasteiger partial charge in [-0.15, -0.1) is 0 Å². The summed E-state index contributed by atoms with van der Waals surface area (Å²) in [6, 6.07) is 17.1. The van der Waals surface area contributed by atoms with Crippen molar-refractivity contribution in [1.29, 1.82) is 0 Å². The number of hydrogen-bond acceptors (Lipinski definition) is 10. The topological polar surface area (TPSA) is 159 Å². The molecular formula is C41H40Cl2N8O7. The van der Waals surface area contributed by atoms with Crippen molar-refractivity contribution in [1.82, 2.24) is 32.8 Å². The third kappa shape index (κ3) is 7.50. The van der Waals surface area contributed by atoms with Crippen LogP contribution in [0, 0.1) is 0 Å². The third-order valence-corrected chi connectivity index (χ3v) is 9.76. The van der Waals surface area contributed by atoms with E-state index in [0.717, 1.165) is 4.57 Å². The molecule has 0 spiro atoms. The van der Waals surface area contributed by atoms with E-state index >= 15 is 0 Å². The lowest BCUT2D eigenvalue weighted by Crippen LogP contribution is -2.40. The summed E-state index contributed by atoms with van der Waals surface area (Å²) >= 11 is 13.0. The number of carbonyl (C=O) groups is 2. The molecule has 15 nitrogen and oxygen atoms in total. The number of fused-ring (bicyclic) bond motifs is 3. The number of ether oxygens (including phenoxy) is 2. The molecule has 5 aromatic heterocycles. The molecule has 0 unspecified atom stereocenters. The predicted octanol–water partition coefficient (Wildman–Crippen LogP) is 7.63. The smallest absolute Gasteiger partial charge is 0.419 e. The van der Waals surface area contributed by atoms with Gasteiger partial charge in [-0.3, -0.25) is 18.9 Å². The average Bonchev–Trinajstić information content (AvgIpc) is 3.82. The molecule has 58 heavy (non-hydrogen) atoms. The largest absolute Gasteiger partial charge is 0.443 e. The number of imidazole rings is 1. The zero-order valence-electron chi connectivity index (χ0n) is 33.0. The number of aryl methyl sites for hydroxylation is 2. The second-order valence-electron chi connectivity index (χ2n) is 15.6. The molecule has 0 saturated heterocycles. The lowest BCUT2D eigenvalue weighted by atomic mass is 10.1. The fourth-order valence-corrected chi connectivity index (χ4v) is 7.07. The van der Waals surface area contributed by atoms with E-state index in [1.54, 1.807) is 122 Å². The number of rotatable bonds is 7. The number of hydrogen-bond donors (Lipinski definition) is 0. The molecule has 0 bridgehead atoms. The molecule has 7 rings (SSSR count). The first kappa shape index (κ1) is 40.0. The van der Waals surface area contributed by atoms with E-state index in [1.165, 1.54) is 25.3 Å². The summed E-state index contributed by atoms with van der Waals surface area (Å²) in [4.78, 5) is 70.2. The van der Waals surface area contributed by atoms with Crippen LogP contribution in [-0.4, -0.2) is 61.9 Å². The van der Waals surface area contributed by atoms with Crippen molar-refractivity contribution in [3.8, 4) is 0 Å². The lowest BCUT2D eigenvalue weighted by molar-refractivity contribution is 0.0516. The zero-order valence-corrected chi connectivity index (χ0v) is 34.5. The number of oxime groups is 1. The molecule has 0 saturated carbocycles. The Labute approximate surface area is 341 Å². The van der Waals surface area contributed by atoms with Crippen LogP contribution in [0.25, 0.3) is 33.0 Å². The molecule has 0 N–H and O–H groups in total. The molecule has 0 atom stereocenters. The average molecular weight is 828 g/mol. The van der Waals surface area contributed by atoms with Crippen molar-refractivity contribution >= 4 is 74.1 Å². The van der Waals surface area contributed by atoms with Crippen LogP contribution in [0.1, 0.15) is 64.3 Å². The van der Waals surface area contributed by atoms with Crippen molar-refractivity contribution in [3.63, 3.8) is 0 Å². The van der Waals surface area contributed by atoms with Crippen LogP contribution in [0.4, 0.5) is 9.59 Å². The highest BCUT2D eigenvalue weighted by atomic mass is 35.5. The normalized spacial score (nSPS) is 12.5. The molecule has 300 valence electrons. The van der Waals surface area contributed by atoms with Crippen LogP contribution in [0.3, 0.4) is 0 Å². The molecule has 0 aliphatic rings. The van der Waals surface area contributed by atoms with E-state index in [2.05, 4.69) is 10.1 Å². The maximum Gasteiger partial charge on any atom is 0.419 e. The van der Waals surface area contributed by atoms with Crippen LogP contribution in [0.15, 0.2) is 87.8 Å². The Morgan fingerprint density at radius 2 is 1.29 bits per heavy atom. The highest BCUT2D eigenvalue weighted by molar-refractivity contribution is 6.36. The number of halogens is 2. The van der Waals surface area contributed by atoms with Gasteiger partial charge >= 0.3 is 17.9 Å². The number of nitrogens with zero attached hydrogens (tertiary/aromatic N) is 8. The van der Waals surface area contributed by atoms with E-state index in [4.69, 9.17) is 42.5 Å². The third-order valence-electron chi connectivity index (χ3n) is 9.10. The summed E-state index contributed by atoms with van der Waals surface area (Å²) in [6.07, 6.45) is 1.81. The number of aromatic nitrogens is 7. The molecule has 17 heteroatoms. The van der Waals surface area contributed by atoms with Crippen molar-refractivity contribution < 1.29 is 23.9 Å². The maximum atomic E-state index is 14.4. The van der Waals surface area contributed by atoms with Gasteiger partial charge in [-0.2, -0.15) is 0 Å². The Balaban J connectivity index is 1.32. The van der Waals surface area contributed by atoms with Gasteiger partial charge in [0.05, 0.1) is 29.0 Å². The van der Waals surface area contributed by atoms with E-state index < -0.39 is 34.6 Å². The lowest BCUT2D eigenvalue weighted by Gasteiger charge is -2.21. The van der Waals surface area contributed by atoms with Gasteiger partial charge in [0.15, 0.2) is 29.3 Å². The highest BCUT2D eigenvalue weighted by Crippen LogP contribution is 2.30. The summed E-state index contributed by atoms with van der Waals surface area (Å²) in [5.74, 6) is 0.191. The van der Waals surface area contributed by atoms with Crippen molar-refractivity contribution in [3.05, 3.63) is 127 Å². The Bertz CT molecular complexity index is 2920. The van der Waals surface area contributed by atoms with Gasteiger partial charge in [0.1, 0.15) is 11.2 Å². The first-order valence-corrected chi connectivity index (χ1v) is 18.9. The molecule has 0 fully saturated rings. The van der Waals surface area contributed by atoms with Crippen LogP contribution in [-0.2, 0) is 41.6 Å². The molecule has 0 amide bonds. The SMILES string of the molecule is Cn1c(C(=NOCc2cc3c(Cl)cccc3n2C(=O)OC(C)(C)C)c2ccncc2)nc2c1c(=O)n(Cc1cc3c(Cl)cccc3n1C(=O)OC(C)(C)C)c(=O)n2C. The van der Waals surface area contributed by atoms with E-state index in [0.29, 0.717) is 48.8 Å². The molecule has 0 aliphatic heterocycles. The van der Waals surface area contributed by atoms with E-state index in [9.17, 15) is 19.2 Å². The summed E-state index contributed by atoms with van der Waals surface area (Å²) in [6.45, 7) is 10.0. The van der Waals surface area contributed by atoms with Crippen molar-refractivity contribution in [2.24, 2.45) is 19.3 Å². The second kappa shape index (κ2) is 15.0. The fourth-order valence-electron chi connectivity index (χ4n) is 6.62. The predicted molar refractivity (Wildman–Crippen MR) is 221 cm³/mol. The van der Waals surface area contributed by atoms with Crippen molar-refractivity contribution in [2.75, 3.05) is 0 Å². The summed E-state index contributed by atoms with van der Waals surface area (Å²) in [5.41, 5.74) is -0.349. The minimum Gasteiger partial charge on any atom is -0.443 e. The van der Waals surface area contributed by atoms with Gasteiger partial charge < -0.3 is 18.9 Å². The maximum absolute atomic E-state index is 14.4. The molecule has 0 radical (unpaired) electrons. The number of pyridine rings is 1. The van der Waals surface area contributed by atoms with Gasteiger partial charge in [0.25, 0.3) is 5.56 Å². The van der Waals surface area contributed by atoms with Crippen LogP contribution >= 0.6 is 23.2 Å². The van der Waals surface area contributed by atoms with Crippen LogP contribution < -0.4 is 11.2 Å². The Hall–Kier alpha value is -6.19. The molecular weight excluding hydrogens is 787 g/mol. The second-order valence-corrected chi connectivity index (χ2v) is 16.4. The first-order valence-electron chi connectivity index (χ1n) is 18.2. The van der Waals surface area contributed by atoms with Gasteiger partial charge in [-0.05, 0) is 90.1 Å². The van der Waals surface area contributed by atoms with Gasteiger partial charge in [0.2, 0.25) is 0 Å². The van der Waals surface area contributed by atoms with Crippen molar-refractivity contribution in [2.45, 2.75) is 65.9 Å². The Morgan fingerprint density at radius 3 is 1.84 bits per heavy atom.